The van der Waals surface area contributed by atoms with Crippen molar-refractivity contribution in [1.29, 1.82) is 0 Å². The van der Waals surface area contributed by atoms with Crippen molar-refractivity contribution >= 4 is 11.8 Å². The largest absolute Gasteiger partial charge is 0.363 e. The Hall–Kier alpha value is -2.46. The van der Waals surface area contributed by atoms with E-state index in [9.17, 15) is 9.59 Å². The third-order valence-corrected chi connectivity index (χ3v) is 7.25. The molecular weight excluding hydrogens is 362 g/mol. The van der Waals surface area contributed by atoms with Gasteiger partial charge < -0.3 is 4.74 Å². The summed E-state index contributed by atoms with van der Waals surface area (Å²) in [7, 11) is 0. The predicted molar refractivity (Wildman–Crippen MR) is 112 cm³/mol. The molecule has 1 saturated heterocycles. The van der Waals surface area contributed by atoms with Crippen molar-refractivity contribution in [3.8, 4) is 0 Å². The van der Waals surface area contributed by atoms with Crippen molar-refractivity contribution in [1.82, 2.24) is 4.90 Å². The molecule has 2 aliphatic rings. The topological polar surface area (TPSA) is 46.6 Å². The third-order valence-electron chi connectivity index (χ3n) is 7.25. The van der Waals surface area contributed by atoms with E-state index in [0.29, 0.717) is 13.0 Å². The number of carbonyl (C=O) groups is 2. The monoisotopic (exact) mass is 391 g/mol. The first-order valence-corrected chi connectivity index (χ1v) is 10.4. The van der Waals surface area contributed by atoms with Gasteiger partial charge in [-0.2, -0.15) is 0 Å². The van der Waals surface area contributed by atoms with Crippen molar-refractivity contribution < 1.29 is 14.3 Å². The minimum Gasteiger partial charge on any atom is -0.363 e. The number of amides is 2. The number of carbonyl (C=O) groups excluding carboxylic acids is 2. The standard InChI is InChI=1S/C25H29NO3/c1-24(2)21-14-15-25(24,3)23(28)26(21)22(27)20(16-18-10-6-4-7-11-18)29-17-19-12-8-5-9-13-19/h4-13,20-21H,14-17H2,1-3H3/t20-,21+,25+/m1/s1. The molecule has 4 rings (SSSR count). The summed E-state index contributed by atoms with van der Waals surface area (Å²) in [5.74, 6) is -0.235. The van der Waals surface area contributed by atoms with Crippen LogP contribution < -0.4 is 0 Å². The van der Waals surface area contributed by atoms with Gasteiger partial charge in [-0.1, -0.05) is 81.4 Å². The van der Waals surface area contributed by atoms with Crippen LogP contribution in [-0.4, -0.2) is 28.9 Å². The maximum atomic E-state index is 13.6. The summed E-state index contributed by atoms with van der Waals surface area (Å²) in [6.45, 7) is 6.59. The van der Waals surface area contributed by atoms with Gasteiger partial charge in [-0.05, 0) is 29.4 Å². The molecule has 0 radical (unpaired) electrons. The second kappa shape index (κ2) is 7.42. The Bertz CT molecular complexity index is 893. The summed E-state index contributed by atoms with van der Waals surface area (Å²) in [5.41, 5.74) is 1.36. The van der Waals surface area contributed by atoms with Crippen LogP contribution in [0.2, 0.25) is 0 Å². The number of rotatable bonds is 6. The van der Waals surface area contributed by atoms with Crippen LogP contribution >= 0.6 is 0 Å². The molecule has 1 heterocycles. The average molecular weight is 392 g/mol. The van der Waals surface area contributed by atoms with E-state index >= 15 is 0 Å². The molecule has 4 nitrogen and oxygen atoms in total. The fourth-order valence-electron chi connectivity index (χ4n) is 4.94. The van der Waals surface area contributed by atoms with Crippen LogP contribution in [0.4, 0.5) is 0 Å². The zero-order valence-electron chi connectivity index (χ0n) is 17.4. The van der Waals surface area contributed by atoms with Gasteiger partial charge in [0.25, 0.3) is 5.91 Å². The highest BCUT2D eigenvalue weighted by Crippen LogP contribution is 2.60. The second-order valence-electron chi connectivity index (χ2n) is 9.10. The molecule has 152 valence electrons. The number of nitrogens with zero attached hydrogens (tertiary/aromatic N) is 1. The summed E-state index contributed by atoms with van der Waals surface area (Å²) in [5, 5.41) is 0. The van der Waals surface area contributed by atoms with Crippen molar-refractivity contribution in [2.75, 3.05) is 0 Å². The number of likely N-dealkylation sites (tertiary alicyclic amines) is 1. The smallest absolute Gasteiger partial charge is 0.258 e. The van der Waals surface area contributed by atoms with Gasteiger partial charge in [-0.3, -0.25) is 14.5 Å². The molecule has 0 aromatic heterocycles. The van der Waals surface area contributed by atoms with Gasteiger partial charge in [0, 0.05) is 12.5 Å². The van der Waals surface area contributed by atoms with E-state index < -0.39 is 11.5 Å². The van der Waals surface area contributed by atoms with E-state index in [0.717, 1.165) is 24.0 Å². The molecule has 2 aromatic rings. The van der Waals surface area contributed by atoms with Crippen molar-refractivity contribution in [3.05, 3.63) is 71.8 Å². The van der Waals surface area contributed by atoms with Crippen molar-refractivity contribution in [2.24, 2.45) is 10.8 Å². The van der Waals surface area contributed by atoms with Crippen LogP contribution in [0.1, 0.15) is 44.7 Å². The van der Waals surface area contributed by atoms with E-state index in [-0.39, 0.29) is 23.3 Å². The molecule has 1 aliphatic carbocycles. The predicted octanol–water partition coefficient (Wildman–Crippen LogP) is 4.38. The van der Waals surface area contributed by atoms with Gasteiger partial charge >= 0.3 is 0 Å². The molecular formula is C25H29NO3. The van der Waals surface area contributed by atoms with Crippen LogP contribution in [0.5, 0.6) is 0 Å². The van der Waals surface area contributed by atoms with E-state index in [1.54, 1.807) is 0 Å². The van der Waals surface area contributed by atoms with Gasteiger partial charge in [0.15, 0.2) is 0 Å². The Labute approximate surface area is 172 Å². The molecule has 4 heteroatoms. The summed E-state index contributed by atoms with van der Waals surface area (Å²) < 4.78 is 6.12. The van der Waals surface area contributed by atoms with Crippen LogP contribution in [0.15, 0.2) is 60.7 Å². The minimum atomic E-state index is -0.680. The quantitative estimate of drug-likeness (QED) is 0.734. The van der Waals surface area contributed by atoms with Crippen LogP contribution in [-0.2, 0) is 27.4 Å². The lowest BCUT2D eigenvalue weighted by Gasteiger charge is -2.31. The Morgan fingerprint density at radius 3 is 2.17 bits per heavy atom. The summed E-state index contributed by atoms with van der Waals surface area (Å²) in [6.07, 6.45) is 1.50. The summed E-state index contributed by atoms with van der Waals surface area (Å²) in [6, 6.07) is 19.7. The lowest BCUT2D eigenvalue weighted by molar-refractivity contribution is -0.157. The highest BCUT2D eigenvalue weighted by Gasteiger charge is 2.67. The first kappa shape index (κ1) is 19.8. The Morgan fingerprint density at radius 1 is 1.03 bits per heavy atom. The fourth-order valence-corrected chi connectivity index (χ4v) is 4.94. The highest BCUT2D eigenvalue weighted by molar-refractivity contribution is 6.03. The molecule has 2 aromatic carbocycles. The van der Waals surface area contributed by atoms with Gasteiger partial charge in [-0.25, -0.2) is 0 Å². The Balaban J connectivity index is 1.58. The maximum absolute atomic E-state index is 13.6. The van der Waals surface area contributed by atoms with E-state index in [4.69, 9.17) is 4.74 Å². The SMILES string of the molecule is CC1(C)[C@@H]2CC[C@@]1(C)C(=O)N2C(=O)[C@@H](Cc1ccccc1)OCc1ccccc1. The van der Waals surface area contributed by atoms with Crippen LogP contribution in [0, 0.1) is 10.8 Å². The van der Waals surface area contributed by atoms with Crippen LogP contribution in [0.3, 0.4) is 0 Å². The first-order chi connectivity index (χ1) is 13.8. The van der Waals surface area contributed by atoms with E-state index in [1.807, 2.05) is 67.6 Å². The second-order valence-corrected chi connectivity index (χ2v) is 9.10. The number of piperidine rings is 1. The van der Waals surface area contributed by atoms with E-state index in [1.165, 1.54) is 4.90 Å². The minimum absolute atomic E-state index is 0.0369. The van der Waals surface area contributed by atoms with Crippen LogP contribution in [0.25, 0.3) is 0 Å². The number of ether oxygens (including phenoxy) is 1. The number of hydrogen-bond acceptors (Lipinski definition) is 3. The number of imide groups is 1. The number of benzene rings is 2. The maximum Gasteiger partial charge on any atom is 0.258 e. The molecule has 2 bridgehead atoms. The molecule has 2 amide bonds. The molecule has 0 spiro atoms. The first-order valence-electron chi connectivity index (χ1n) is 10.4. The van der Waals surface area contributed by atoms with Gasteiger partial charge in [0.1, 0.15) is 6.10 Å². The van der Waals surface area contributed by atoms with Gasteiger partial charge in [0.05, 0.1) is 12.0 Å². The highest BCUT2D eigenvalue weighted by atomic mass is 16.5. The lowest BCUT2D eigenvalue weighted by Crippen LogP contribution is -2.49. The average Bonchev–Trinajstić information content (AvgIpc) is 3.04. The molecule has 1 aliphatic heterocycles. The molecule has 29 heavy (non-hydrogen) atoms. The molecule has 2 fully saturated rings. The molecule has 0 N–H and O–H groups in total. The third kappa shape index (κ3) is 3.29. The Kier molecular flexibility index (Phi) is 5.07. The zero-order valence-corrected chi connectivity index (χ0v) is 17.4. The molecule has 1 saturated carbocycles. The van der Waals surface area contributed by atoms with Crippen molar-refractivity contribution in [3.63, 3.8) is 0 Å². The number of hydrogen-bond donors (Lipinski definition) is 0. The fraction of sp³-hybridized carbons (Fsp3) is 0.440. The number of fused-ring (bicyclic) bond motifs is 2. The lowest BCUT2D eigenvalue weighted by atomic mass is 9.70. The molecule has 0 unspecified atom stereocenters. The molecule has 3 atom stereocenters. The zero-order chi connectivity index (χ0) is 20.6. The Morgan fingerprint density at radius 2 is 1.62 bits per heavy atom. The normalized spacial score (nSPS) is 26.0. The van der Waals surface area contributed by atoms with Gasteiger partial charge in [0.2, 0.25) is 5.91 Å². The van der Waals surface area contributed by atoms with Gasteiger partial charge in [-0.15, -0.1) is 0 Å². The van der Waals surface area contributed by atoms with Crippen molar-refractivity contribution in [2.45, 2.75) is 58.8 Å². The summed E-state index contributed by atoms with van der Waals surface area (Å²) >= 11 is 0. The summed E-state index contributed by atoms with van der Waals surface area (Å²) in [4.78, 5) is 28.3. The van der Waals surface area contributed by atoms with E-state index in [2.05, 4.69) is 13.8 Å².